The van der Waals surface area contributed by atoms with Crippen molar-refractivity contribution in [3.63, 3.8) is 0 Å². The van der Waals surface area contributed by atoms with E-state index in [-0.39, 0.29) is 5.91 Å². The summed E-state index contributed by atoms with van der Waals surface area (Å²) in [5.74, 6) is 0.553. The Kier molecular flexibility index (Phi) is 5.99. The summed E-state index contributed by atoms with van der Waals surface area (Å²) in [6.07, 6.45) is 5.38. The number of aromatic nitrogens is 1. The summed E-state index contributed by atoms with van der Waals surface area (Å²) in [5, 5.41) is 6.14. The van der Waals surface area contributed by atoms with E-state index < -0.39 is 0 Å². The van der Waals surface area contributed by atoms with Crippen molar-refractivity contribution in [1.29, 1.82) is 0 Å². The second-order valence-corrected chi connectivity index (χ2v) is 5.64. The highest BCUT2D eigenvalue weighted by molar-refractivity contribution is 5.92. The summed E-state index contributed by atoms with van der Waals surface area (Å²) in [6, 6.07) is 3.88. The van der Waals surface area contributed by atoms with Gasteiger partial charge in [-0.05, 0) is 50.4 Å². The van der Waals surface area contributed by atoms with Gasteiger partial charge in [-0.3, -0.25) is 9.78 Å². The lowest BCUT2D eigenvalue weighted by Crippen LogP contribution is -2.40. The van der Waals surface area contributed by atoms with Crippen LogP contribution in [0.25, 0.3) is 0 Å². The number of piperidine rings is 1. The molecule has 5 nitrogen and oxygen atoms in total. The average molecular weight is 290 g/mol. The molecule has 1 unspecified atom stereocenters. The Morgan fingerprint density at radius 1 is 1.52 bits per heavy atom. The van der Waals surface area contributed by atoms with Gasteiger partial charge in [0.05, 0.1) is 0 Å². The summed E-state index contributed by atoms with van der Waals surface area (Å²) in [4.78, 5) is 18.2. The molecule has 1 aromatic rings. The fraction of sp³-hybridized carbons (Fsp3) is 0.625. The first-order valence-electron chi connectivity index (χ1n) is 7.88. The van der Waals surface area contributed by atoms with Gasteiger partial charge in [-0.1, -0.05) is 6.92 Å². The van der Waals surface area contributed by atoms with E-state index in [9.17, 15) is 4.79 Å². The van der Waals surface area contributed by atoms with Crippen molar-refractivity contribution < 1.29 is 4.79 Å². The van der Waals surface area contributed by atoms with Crippen LogP contribution in [-0.2, 0) is 0 Å². The third-order valence-electron chi connectivity index (χ3n) is 3.95. The van der Waals surface area contributed by atoms with Gasteiger partial charge < -0.3 is 15.5 Å². The van der Waals surface area contributed by atoms with Crippen LogP contribution in [0.1, 0.15) is 36.7 Å². The van der Waals surface area contributed by atoms with E-state index in [0.29, 0.717) is 11.6 Å². The van der Waals surface area contributed by atoms with Crippen LogP contribution < -0.4 is 15.5 Å². The maximum atomic E-state index is 11.7. The zero-order valence-corrected chi connectivity index (χ0v) is 13.1. The van der Waals surface area contributed by atoms with Crippen molar-refractivity contribution in [2.45, 2.75) is 26.2 Å². The first kappa shape index (κ1) is 15.8. The highest BCUT2D eigenvalue weighted by atomic mass is 16.1. The number of carbonyl (C=O) groups is 1. The van der Waals surface area contributed by atoms with Crippen molar-refractivity contribution in [3.05, 3.63) is 24.0 Å². The summed E-state index contributed by atoms with van der Waals surface area (Å²) < 4.78 is 0. The Morgan fingerprint density at radius 2 is 2.38 bits per heavy atom. The molecule has 2 heterocycles. The van der Waals surface area contributed by atoms with Gasteiger partial charge in [0, 0.05) is 32.0 Å². The molecule has 2 rings (SSSR count). The molecule has 1 fully saturated rings. The van der Waals surface area contributed by atoms with Crippen LogP contribution in [-0.4, -0.2) is 44.1 Å². The number of nitrogens with zero attached hydrogens (tertiary/aromatic N) is 2. The molecule has 5 heteroatoms. The second-order valence-electron chi connectivity index (χ2n) is 5.64. The van der Waals surface area contributed by atoms with Gasteiger partial charge in [0.1, 0.15) is 5.69 Å². The number of rotatable bonds is 6. The second kappa shape index (κ2) is 7.98. The molecule has 1 saturated heterocycles. The Balaban J connectivity index is 1.98. The number of carbonyl (C=O) groups excluding carboxylic acids is 1. The number of hydrogen-bond acceptors (Lipinski definition) is 4. The lowest BCUT2D eigenvalue weighted by molar-refractivity contribution is 0.0958. The van der Waals surface area contributed by atoms with Gasteiger partial charge in [0.15, 0.2) is 0 Å². The summed E-state index contributed by atoms with van der Waals surface area (Å²) in [7, 11) is 1.63. The lowest BCUT2D eigenvalue weighted by Gasteiger charge is -2.34. The monoisotopic (exact) mass is 290 g/mol. The molecule has 1 aliphatic rings. The number of nitrogens with one attached hydrogen (secondary N) is 2. The zero-order chi connectivity index (χ0) is 15.1. The van der Waals surface area contributed by atoms with E-state index in [4.69, 9.17) is 0 Å². The van der Waals surface area contributed by atoms with Crippen molar-refractivity contribution in [1.82, 2.24) is 15.6 Å². The van der Waals surface area contributed by atoms with Crippen LogP contribution in [0.2, 0.25) is 0 Å². The Morgan fingerprint density at radius 3 is 3.14 bits per heavy atom. The third kappa shape index (κ3) is 4.43. The molecule has 0 spiro atoms. The first-order valence-corrected chi connectivity index (χ1v) is 7.88. The van der Waals surface area contributed by atoms with Crippen molar-refractivity contribution >= 4 is 11.6 Å². The Hall–Kier alpha value is -1.62. The van der Waals surface area contributed by atoms with Gasteiger partial charge in [-0.25, -0.2) is 0 Å². The minimum atomic E-state index is -0.130. The van der Waals surface area contributed by atoms with Crippen molar-refractivity contribution in [2.24, 2.45) is 5.92 Å². The predicted molar refractivity (Wildman–Crippen MR) is 85.7 cm³/mol. The van der Waals surface area contributed by atoms with E-state index in [1.165, 1.54) is 19.3 Å². The topological polar surface area (TPSA) is 57.3 Å². The molecular weight excluding hydrogens is 264 g/mol. The largest absolute Gasteiger partial charge is 0.371 e. The van der Waals surface area contributed by atoms with Crippen LogP contribution in [0.3, 0.4) is 0 Å². The van der Waals surface area contributed by atoms with E-state index >= 15 is 0 Å². The van der Waals surface area contributed by atoms with Gasteiger partial charge in [0.25, 0.3) is 5.91 Å². The van der Waals surface area contributed by atoms with Crippen LogP contribution in [0.5, 0.6) is 0 Å². The number of anilines is 1. The van der Waals surface area contributed by atoms with Gasteiger partial charge in [-0.15, -0.1) is 0 Å². The molecule has 21 heavy (non-hydrogen) atoms. The lowest BCUT2D eigenvalue weighted by atomic mass is 9.97. The molecule has 1 atom stereocenters. The molecule has 1 aromatic heterocycles. The number of amides is 1. The normalized spacial score (nSPS) is 18.6. The van der Waals surface area contributed by atoms with Gasteiger partial charge >= 0.3 is 0 Å². The smallest absolute Gasteiger partial charge is 0.269 e. The summed E-state index contributed by atoms with van der Waals surface area (Å²) in [5.41, 5.74) is 1.59. The molecular formula is C16H26N4O. The average Bonchev–Trinajstić information content (AvgIpc) is 2.55. The number of hydrogen-bond donors (Lipinski definition) is 2. The molecule has 2 N–H and O–H groups in total. The van der Waals surface area contributed by atoms with E-state index in [0.717, 1.165) is 31.9 Å². The molecule has 1 aliphatic heterocycles. The Labute approximate surface area is 127 Å². The molecule has 116 valence electrons. The standard InChI is InChI=1S/C16H26N4O/c1-3-7-18-11-13-5-4-9-20(12-13)14-6-8-19-15(10-14)16(21)17-2/h6,8,10,13,18H,3-5,7,9,11-12H2,1-2H3,(H,17,21). The van der Waals surface area contributed by atoms with E-state index in [2.05, 4.69) is 27.4 Å². The minimum Gasteiger partial charge on any atom is -0.371 e. The van der Waals surface area contributed by atoms with Crippen molar-refractivity contribution in [2.75, 3.05) is 38.1 Å². The maximum absolute atomic E-state index is 11.7. The molecule has 0 aliphatic carbocycles. The summed E-state index contributed by atoms with van der Waals surface area (Å²) in [6.45, 7) is 6.47. The minimum absolute atomic E-state index is 0.130. The van der Waals surface area contributed by atoms with Gasteiger partial charge in [0.2, 0.25) is 0 Å². The maximum Gasteiger partial charge on any atom is 0.269 e. The molecule has 0 saturated carbocycles. The Bertz CT molecular complexity index is 463. The van der Waals surface area contributed by atoms with E-state index in [1.807, 2.05) is 12.1 Å². The fourth-order valence-corrected chi connectivity index (χ4v) is 2.82. The zero-order valence-electron chi connectivity index (χ0n) is 13.1. The fourth-order valence-electron chi connectivity index (χ4n) is 2.82. The highest BCUT2D eigenvalue weighted by Gasteiger charge is 2.20. The third-order valence-corrected chi connectivity index (χ3v) is 3.95. The molecule has 0 aromatic carbocycles. The molecule has 0 radical (unpaired) electrons. The first-order chi connectivity index (χ1) is 10.2. The SMILES string of the molecule is CCCNCC1CCCN(c2ccnc(C(=O)NC)c2)C1. The van der Waals surface area contributed by atoms with Crippen LogP contribution in [0.15, 0.2) is 18.3 Å². The van der Waals surface area contributed by atoms with Gasteiger partial charge in [-0.2, -0.15) is 0 Å². The quantitative estimate of drug-likeness (QED) is 0.782. The van der Waals surface area contributed by atoms with Crippen LogP contribution in [0, 0.1) is 5.92 Å². The van der Waals surface area contributed by atoms with Crippen LogP contribution in [0.4, 0.5) is 5.69 Å². The molecule has 1 amide bonds. The molecule has 0 bridgehead atoms. The van der Waals surface area contributed by atoms with E-state index in [1.54, 1.807) is 13.2 Å². The predicted octanol–water partition coefficient (Wildman–Crippen LogP) is 1.66. The highest BCUT2D eigenvalue weighted by Crippen LogP contribution is 2.23. The summed E-state index contributed by atoms with van der Waals surface area (Å²) >= 11 is 0. The number of pyridine rings is 1. The van der Waals surface area contributed by atoms with Crippen molar-refractivity contribution in [3.8, 4) is 0 Å². The van der Waals surface area contributed by atoms with Crippen LogP contribution >= 0.6 is 0 Å².